The molecule has 0 N–H and O–H groups in total. The standard InChI is InChI=1S/C13H11NO2/c1-16-13-9-11(7-8-12(13)15)14-10-5-3-2-4-6-10/h2-9H,1H3. The molecule has 0 spiro atoms. The van der Waals surface area contributed by atoms with Crippen LogP contribution in [0.1, 0.15) is 0 Å². The Morgan fingerprint density at radius 2 is 1.88 bits per heavy atom. The third-order valence-electron chi connectivity index (χ3n) is 2.16. The third kappa shape index (κ3) is 2.25. The number of allylic oxidation sites excluding steroid dienone is 3. The van der Waals surface area contributed by atoms with Crippen LogP contribution in [0.5, 0.6) is 0 Å². The minimum Gasteiger partial charge on any atom is -0.493 e. The van der Waals surface area contributed by atoms with E-state index in [9.17, 15) is 4.79 Å². The van der Waals surface area contributed by atoms with Crippen molar-refractivity contribution in [2.45, 2.75) is 0 Å². The average Bonchev–Trinajstić information content (AvgIpc) is 2.33. The first-order valence-electron chi connectivity index (χ1n) is 4.91. The number of carbonyl (C=O) groups is 1. The summed E-state index contributed by atoms with van der Waals surface area (Å²) in [4.78, 5) is 15.7. The van der Waals surface area contributed by atoms with E-state index in [2.05, 4.69) is 4.99 Å². The van der Waals surface area contributed by atoms with Crippen LogP contribution in [0.4, 0.5) is 5.69 Å². The number of ketones is 1. The van der Waals surface area contributed by atoms with Gasteiger partial charge in [-0.15, -0.1) is 0 Å². The van der Waals surface area contributed by atoms with Crippen LogP contribution in [-0.4, -0.2) is 18.6 Å². The van der Waals surface area contributed by atoms with Crippen molar-refractivity contribution in [2.75, 3.05) is 7.11 Å². The lowest BCUT2D eigenvalue weighted by Crippen LogP contribution is -2.08. The summed E-state index contributed by atoms with van der Waals surface area (Å²) in [5.41, 5.74) is 1.56. The number of hydrogen-bond donors (Lipinski definition) is 0. The SMILES string of the molecule is COC1=CC(=Nc2ccccc2)C=CC1=O. The van der Waals surface area contributed by atoms with Crippen molar-refractivity contribution in [3.63, 3.8) is 0 Å². The lowest BCUT2D eigenvalue weighted by atomic mass is 10.1. The van der Waals surface area contributed by atoms with Crippen molar-refractivity contribution in [3.8, 4) is 0 Å². The molecule has 0 radical (unpaired) electrons. The number of ether oxygens (including phenoxy) is 1. The van der Waals surface area contributed by atoms with Crippen LogP contribution >= 0.6 is 0 Å². The molecule has 0 amide bonds. The van der Waals surface area contributed by atoms with Crippen molar-refractivity contribution in [2.24, 2.45) is 4.99 Å². The fourth-order valence-electron chi connectivity index (χ4n) is 1.38. The molecule has 3 nitrogen and oxygen atoms in total. The Morgan fingerprint density at radius 1 is 1.12 bits per heavy atom. The number of rotatable bonds is 2. The zero-order valence-corrected chi connectivity index (χ0v) is 8.88. The van der Waals surface area contributed by atoms with Gasteiger partial charge in [0.2, 0.25) is 5.78 Å². The van der Waals surface area contributed by atoms with Crippen LogP contribution < -0.4 is 0 Å². The fourth-order valence-corrected chi connectivity index (χ4v) is 1.38. The van der Waals surface area contributed by atoms with E-state index >= 15 is 0 Å². The summed E-state index contributed by atoms with van der Waals surface area (Å²) in [5, 5.41) is 0. The largest absolute Gasteiger partial charge is 0.493 e. The second-order valence-electron chi connectivity index (χ2n) is 3.28. The Hall–Kier alpha value is -2.16. The number of aliphatic imine (C=N–C) groups is 1. The molecule has 0 unspecified atom stereocenters. The van der Waals surface area contributed by atoms with Gasteiger partial charge < -0.3 is 4.74 Å². The van der Waals surface area contributed by atoms with Gasteiger partial charge in [0.05, 0.1) is 18.5 Å². The Bertz CT molecular complexity index is 484. The minimum atomic E-state index is -0.130. The summed E-state index contributed by atoms with van der Waals surface area (Å²) in [7, 11) is 1.48. The molecule has 1 aromatic carbocycles. The maximum Gasteiger partial charge on any atom is 0.220 e. The van der Waals surface area contributed by atoms with Crippen LogP contribution in [0.25, 0.3) is 0 Å². The molecule has 0 bridgehead atoms. The minimum absolute atomic E-state index is 0.130. The first-order valence-corrected chi connectivity index (χ1v) is 4.91. The maximum absolute atomic E-state index is 11.3. The number of para-hydroxylation sites is 1. The molecule has 0 aliphatic heterocycles. The molecule has 3 heteroatoms. The molecule has 16 heavy (non-hydrogen) atoms. The molecule has 1 aliphatic rings. The lowest BCUT2D eigenvalue weighted by molar-refractivity contribution is -0.114. The highest BCUT2D eigenvalue weighted by atomic mass is 16.5. The molecule has 2 rings (SSSR count). The van der Waals surface area contributed by atoms with Crippen LogP contribution in [-0.2, 0) is 9.53 Å². The Labute approximate surface area is 93.8 Å². The summed E-state index contributed by atoms with van der Waals surface area (Å²) in [6, 6.07) is 9.56. The zero-order chi connectivity index (χ0) is 11.4. The summed E-state index contributed by atoms with van der Waals surface area (Å²) < 4.78 is 4.95. The monoisotopic (exact) mass is 213 g/mol. The molecule has 0 fully saturated rings. The van der Waals surface area contributed by atoms with Gasteiger partial charge >= 0.3 is 0 Å². The zero-order valence-electron chi connectivity index (χ0n) is 8.88. The lowest BCUT2D eigenvalue weighted by Gasteiger charge is -2.06. The van der Waals surface area contributed by atoms with Gasteiger partial charge in [-0.05, 0) is 24.3 Å². The van der Waals surface area contributed by atoms with Crippen LogP contribution in [0, 0.1) is 0 Å². The van der Waals surface area contributed by atoms with E-state index in [0.29, 0.717) is 11.5 Å². The van der Waals surface area contributed by atoms with Gasteiger partial charge in [-0.25, -0.2) is 4.99 Å². The van der Waals surface area contributed by atoms with Gasteiger partial charge in [-0.2, -0.15) is 0 Å². The van der Waals surface area contributed by atoms with Crippen molar-refractivity contribution >= 4 is 17.2 Å². The van der Waals surface area contributed by atoms with E-state index in [0.717, 1.165) is 5.69 Å². The molecular weight excluding hydrogens is 202 g/mol. The summed E-state index contributed by atoms with van der Waals surface area (Å²) in [6.45, 7) is 0. The smallest absolute Gasteiger partial charge is 0.220 e. The van der Waals surface area contributed by atoms with Gasteiger partial charge in [-0.1, -0.05) is 18.2 Å². The van der Waals surface area contributed by atoms with Gasteiger partial charge in [-0.3, -0.25) is 4.79 Å². The van der Waals surface area contributed by atoms with Crippen molar-refractivity contribution in [3.05, 3.63) is 54.3 Å². The highest BCUT2D eigenvalue weighted by Crippen LogP contribution is 2.14. The predicted octanol–water partition coefficient (Wildman–Crippen LogP) is 2.43. The van der Waals surface area contributed by atoms with Gasteiger partial charge in [0, 0.05) is 6.08 Å². The topological polar surface area (TPSA) is 38.7 Å². The van der Waals surface area contributed by atoms with Crippen molar-refractivity contribution in [1.29, 1.82) is 0 Å². The number of hydrogen-bond acceptors (Lipinski definition) is 3. The molecule has 0 atom stereocenters. The number of methoxy groups -OCH3 is 1. The van der Waals surface area contributed by atoms with E-state index in [1.165, 1.54) is 13.2 Å². The van der Waals surface area contributed by atoms with E-state index in [1.54, 1.807) is 12.2 Å². The number of carbonyl (C=O) groups excluding carboxylic acids is 1. The van der Waals surface area contributed by atoms with E-state index in [-0.39, 0.29) is 5.78 Å². The summed E-state index contributed by atoms with van der Waals surface area (Å²) in [6.07, 6.45) is 4.77. The highest BCUT2D eigenvalue weighted by molar-refractivity contribution is 6.18. The van der Waals surface area contributed by atoms with Crippen molar-refractivity contribution < 1.29 is 9.53 Å². The van der Waals surface area contributed by atoms with E-state index in [4.69, 9.17) is 4.74 Å². The second-order valence-corrected chi connectivity index (χ2v) is 3.28. The van der Waals surface area contributed by atoms with Crippen molar-refractivity contribution in [1.82, 2.24) is 0 Å². The molecule has 80 valence electrons. The maximum atomic E-state index is 11.3. The first-order chi connectivity index (χ1) is 7.79. The summed E-state index contributed by atoms with van der Waals surface area (Å²) >= 11 is 0. The fraction of sp³-hybridized carbons (Fsp3) is 0.0769. The molecular formula is C13H11NO2. The first kappa shape index (κ1) is 10.4. The van der Waals surface area contributed by atoms with Crippen LogP contribution in [0.2, 0.25) is 0 Å². The van der Waals surface area contributed by atoms with Gasteiger partial charge in [0.15, 0.2) is 5.76 Å². The molecule has 0 aromatic heterocycles. The van der Waals surface area contributed by atoms with Gasteiger partial charge in [0.25, 0.3) is 0 Å². The van der Waals surface area contributed by atoms with E-state index in [1.807, 2.05) is 30.3 Å². The molecule has 0 saturated carbocycles. The van der Waals surface area contributed by atoms with E-state index < -0.39 is 0 Å². The quantitative estimate of drug-likeness (QED) is 0.708. The highest BCUT2D eigenvalue weighted by Gasteiger charge is 2.11. The average molecular weight is 213 g/mol. The number of benzene rings is 1. The predicted molar refractivity (Wildman–Crippen MR) is 62.8 cm³/mol. The molecule has 1 aromatic rings. The second kappa shape index (κ2) is 4.57. The Balaban J connectivity index is 2.30. The third-order valence-corrected chi connectivity index (χ3v) is 2.16. The normalized spacial score (nSPS) is 17.4. The molecule has 0 saturated heterocycles. The summed E-state index contributed by atoms with van der Waals surface area (Å²) in [5.74, 6) is 0.187. The number of nitrogens with zero attached hydrogens (tertiary/aromatic N) is 1. The van der Waals surface area contributed by atoms with Crippen LogP contribution in [0.15, 0.2) is 59.3 Å². The van der Waals surface area contributed by atoms with Gasteiger partial charge in [0.1, 0.15) is 0 Å². The Morgan fingerprint density at radius 3 is 2.56 bits per heavy atom. The molecule has 0 heterocycles. The van der Waals surface area contributed by atoms with Crippen LogP contribution in [0.3, 0.4) is 0 Å². The molecule has 1 aliphatic carbocycles. The Kier molecular flexibility index (Phi) is 2.96.